The molecule has 0 aliphatic rings. The molecule has 0 rings (SSSR count). The topological polar surface area (TPSA) is 75.6 Å². The highest BCUT2D eigenvalue weighted by Crippen LogP contribution is 2.21. The van der Waals surface area contributed by atoms with Gasteiger partial charge in [-0.1, -0.05) is 20.7 Å². The van der Waals surface area contributed by atoms with Gasteiger partial charge < -0.3 is 15.2 Å². The summed E-state index contributed by atoms with van der Waals surface area (Å²) < 4.78 is 12.3. The molecule has 0 radical (unpaired) electrons. The molecule has 0 aromatic rings. The van der Waals surface area contributed by atoms with Crippen LogP contribution in [0.3, 0.4) is 0 Å². The lowest BCUT2D eigenvalue weighted by Crippen LogP contribution is -2.45. The first-order valence-electron chi connectivity index (χ1n) is 6.19. The van der Waals surface area contributed by atoms with Crippen LogP contribution in [-0.4, -0.2) is 28.8 Å². The lowest BCUT2D eigenvalue weighted by molar-refractivity contribution is -0.140. The summed E-state index contributed by atoms with van der Waals surface area (Å²) in [6, 6.07) is -1.04. The van der Waals surface area contributed by atoms with Crippen LogP contribution in [-0.2, 0) is 9.53 Å². The van der Waals surface area contributed by atoms with Crippen LogP contribution < -0.4 is 5.32 Å². The lowest BCUT2D eigenvalue weighted by atomic mass is 9.88. The second-order valence-electron chi connectivity index (χ2n) is 5.91. The molecule has 0 bridgehead atoms. The van der Waals surface area contributed by atoms with E-state index in [9.17, 15) is 9.59 Å². The summed E-state index contributed by atoms with van der Waals surface area (Å²) in [6.45, 7) is 8.77. The Balaban J connectivity index is 4.56. The molecule has 0 saturated carbocycles. The van der Waals surface area contributed by atoms with Crippen LogP contribution in [0.5, 0.6) is 0 Å². The molecule has 0 fully saturated rings. The standard InChI is InChI=1S/C12H23NO4/c1-11(2,3)7-8(9(14)15)13-10(16)17-12(4,5)6/h8H,7H2,1-6H3,(H,13,16)(H,14,15)/t8-/m0/s1/i1D. The minimum atomic E-state index is -1.12. The third-order valence-corrected chi connectivity index (χ3v) is 1.75. The van der Waals surface area contributed by atoms with Crippen LogP contribution in [0.25, 0.3) is 0 Å². The first-order chi connectivity index (χ1) is 7.97. The minimum absolute atomic E-state index is 0.0901. The molecule has 0 unspecified atom stereocenters. The summed E-state index contributed by atoms with van der Waals surface area (Å²) in [6.07, 6.45) is -0.568. The first kappa shape index (κ1) is 13.8. The number of aliphatic carboxylic acids is 1. The first-order valence-corrected chi connectivity index (χ1v) is 5.48. The van der Waals surface area contributed by atoms with Gasteiger partial charge >= 0.3 is 12.1 Å². The lowest BCUT2D eigenvalue weighted by Gasteiger charge is -2.26. The highest BCUT2D eigenvalue weighted by molar-refractivity contribution is 5.80. The molecule has 5 heteroatoms. The summed E-state index contributed by atoms with van der Waals surface area (Å²) in [5.41, 5.74) is -1.14. The van der Waals surface area contributed by atoms with Gasteiger partial charge in [0.05, 0.1) is 0 Å². The number of nitrogens with one attached hydrogen (secondary N) is 1. The van der Waals surface area contributed by atoms with Crippen molar-refractivity contribution in [2.24, 2.45) is 5.41 Å². The Morgan fingerprint density at radius 2 is 1.88 bits per heavy atom. The number of carbonyl (C=O) groups excluding carboxylic acids is 1. The van der Waals surface area contributed by atoms with E-state index in [1.54, 1.807) is 34.6 Å². The van der Waals surface area contributed by atoms with Crippen molar-refractivity contribution in [2.45, 2.75) is 59.6 Å². The van der Waals surface area contributed by atoms with Gasteiger partial charge in [0, 0.05) is 1.37 Å². The van der Waals surface area contributed by atoms with E-state index in [0.717, 1.165) is 0 Å². The summed E-state index contributed by atoms with van der Waals surface area (Å²) in [4.78, 5) is 22.6. The maximum absolute atomic E-state index is 11.5. The van der Waals surface area contributed by atoms with Gasteiger partial charge in [0.25, 0.3) is 0 Å². The van der Waals surface area contributed by atoms with Crippen molar-refractivity contribution in [2.75, 3.05) is 0 Å². The normalized spacial score (nSPS) is 14.8. The molecular formula is C12H23NO4. The number of ether oxygens (including phenoxy) is 1. The Morgan fingerprint density at radius 1 is 1.35 bits per heavy atom. The predicted molar refractivity (Wildman–Crippen MR) is 64.9 cm³/mol. The summed E-state index contributed by atoms with van der Waals surface area (Å²) in [5, 5.41) is 11.4. The molecule has 0 heterocycles. The van der Waals surface area contributed by atoms with Crippen molar-refractivity contribution in [3.05, 3.63) is 0 Å². The molecule has 1 atom stereocenters. The summed E-state index contributed by atoms with van der Waals surface area (Å²) >= 11 is 0. The zero-order valence-electron chi connectivity index (χ0n) is 12.2. The van der Waals surface area contributed by atoms with Crippen molar-refractivity contribution >= 4 is 12.1 Å². The van der Waals surface area contributed by atoms with E-state index in [-0.39, 0.29) is 13.3 Å². The molecular weight excluding hydrogens is 222 g/mol. The predicted octanol–water partition coefficient (Wildman–Crippen LogP) is 2.40. The van der Waals surface area contributed by atoms with Crippen molar-refractivity contribution < 1.29 is 20.8 Å². The number of rotatable bonds is 3. The van der Waals surface area contributed by atoms with Gasteiger partial charge in [-0.15, -0.1) is 0 Å². The highest BCUT2D eigenvalue weighted by atomic mass is 16.6. The smallest absolute Gasteiger partial charge is 0.408 e. The van der Waals surface area contributed by atoms with E-state index in [4.69, 9.17) is 11.2 Å². The Bertz CT molecular complexity index is 310. The van der Waals surface area contributed by atoms with Crippen molar-refractivity contribution in [3.8, 4) is 0 Å². The molecule has 17 heavy (non-hydrogen) atoms. The molecule has 0 saturated heterocycles. The molecule has 1 amide bonds. The van der Waals surface area contributed by atoms with Gasteiger partial charge in [0.2, 0.25) is 0 Å². The van der Waals surface area contributed by atoms with Crippen LogP contribution in [0.2, 0.25) is 0 Å². The van der Waals surface area contributed by atoms with Crippen LogP contribution in [0.15, 0.2) is 0 Å². The SMILES string of the molecule is [2H]CC(C)(C)C[C@H](NC(=O)OC(C)(C)C)C(=O)O. The van der Waals surface area contributed by atoms with E-state index in [1.165, 1.54) is 0 Å². The molecule has 0 aromatic heterocycles. The van der Waals surface area contributed by atoms with E-state index in [1.807, 2.05) is 0 Å². The van der Waals surface area contributed by atoms with Crippen molar-refractivity contribution in [1.29, 1.82) is 0 Å². The molecule has 2 N–H and O–H groups in total. The zero-order chi connectivity index (χ0) is 14.6. The Kier molecular flexibility index (Phi) is 4.37. The molecule has 100 valence electrons. The highest BCUT2D eigenvalue weighted by Gasteiger charge is 2.27. The quantitative estimate of drug-likeness (QED) is 0.801. The van der Waals surface area contributed by atoms with E-state index < -0.39 is 29.1 Å². The van der Waals surface area contributed by atoms with Gasteiger partial charge in [-0.25, -0.2) is 9.59 Å². The second-order valence-corrected chi connectivity index (χ2v) is 5.91. The Hall–Kier alpha value is -1.26. The monoisotopic (exact) mass is 246 g/mol. The van der Waals surface area contributed by atoms with Gasteiger partial charge in [-0.2, -0.15) is 0 Å². The van der Waals surface area contributed by atoms with Gasteiger partial charge in [0.15, 0.2) is 0 Å². The Morgan fingerprint density at radius 3 is 2.24 bits per heavy atom. The number of carboxylic acid groups (broad SMARTS) is 1. The van der Waals surface area contributed by atoms with Crippen LogP contribution in [0.4, 0.5) is 4.79 Å². The van der Waals surface area contributed by atoms with E-state index in [0.29, 0.717) is 0 Å². The average Bonchev–Trinajstić information content (AvgIpc) is 2.13. The number of hydrogen-bond donors (Lipinski definition) is 2. The Labute approximate surface area is 104 Å². The maximum Gasteiger partial charge on any atom is 0.408 e. The van der Waals surface area contributed by atoms with Crippen molar-refractivity contribution in [1.82, 2.24) is 5.32 Å². The average molecular weight is 246 g/mol. The van der Waals surface area contributed by atoms with E-state index in [2.05, 4.69) is 5.32 Å². The number of carbonyl (C=O) groups is 2. The number of hydrogen-bond acceptors (Lipinski definition) is 3. The molecule has 0 aliphatic heterocycles. The fourth-order valence-electron chi connectivity index (χ4n) is 1.20. The van der Waals surface area contributed by atoms with Gasteiger partial charge in [0.1, 0.15) is 11.6 Å². The third-order valence-electron chi connectivity index (χ3n) is 1.75. The zero-order valence-corrected chi connectivity index (χ0v) is 11.2. The summed E-state index contributed by atoms with van der Waals surface area (Å²) in [7, 11) is 0. The number of carboxylic acids is 1. The van der Waals surface area contributed by atoms with Crippen LogP contribution in [0, 0.1) is 5.41 Å². The molecule has 0 aromatic carbocycles. The second kappa shape index (κ2) is 5.38. The molecule has 5 nitrogen and oxygen atoms in total. The maximum atomic E-state index is 11.5. The van der Waals surface area contributed by atoms with Gasteiger partial charge in [-0.3, -0.25) is 0 Å². The van der Waals surface area contributed by atoms with Crippen LogP contribution in [0.1, 0.15) is 49.3 Å². The molecule has 0 spiro atoms. The largest absolute Gasteiger partial charge is 0.480 e. The fourth-order valence-corrected chi connectivity index (χ4v) is 1.20. The van der Waals surface area contributed by atoms with Crippen LogP contribution >= 0.6 is 0 Å². The summed E-state index contributed by atoms with van der Waals surface area (Å²) in [5.74, 6) is -1.12. The molecule has 0 aliphatic carbocycles. The number of alkyl carbamates (subject to hydrolysis) is 1. The fraction of sp³-hybridized carbons (Fsp3) is 0.833. The minimum Gasteiger partial charge on any atom is -0.480 e. The van der Waals surface area contributed by atoms with Gasteiger partial charge in [-0.05, 0) is 32.6 Å². The third kappa shape index (κ3) is 8.54. The number of amides is 1. The van der Waals surface area contributed by atoms with E-state index >= 15 is 0 Å². The van der Waals surface area contributed by atoms with Crippen molar-refractivity contribution in [3.63, 3.8) is 0 Å².